The van der Waals surface area contributed by atoms with Crippen molar-refractivity contribution in [3.05, 3.63) is 0 Å². The van der Waals surface area contributed by atoms with Gasteiger partial charge in [-0.1, -0.05) is 6.92 Å². The fraction of sp³-hybridized carbons (Fsp3) is 1.00. The highest BCUT2D eigenvalue weighted by molar-refractivity contribution is 7.98. The SMILES string of the molecule is CCC1(CSC)CCOCC1. The molecule has 1 heterocycles. The van der Waals surface area contributed by atoms with Gasteiger partial charge in [-0.15, -0.1) is 0 Å². The predicted molar refractivity (Wildman–Crippen MR) is 51.2 cm³/mol. The lowest BCUT2D eigenvalue weighted by Gasteiger charge is -2.35. The van der Waals surface area contributed by atoms with Crippen molar-refractivity contribution in [2.24, 2.45) is 5.41 Å². The Kier molecular flexibility index (Phi) is 3.73. The van der Waals surface area contributed by atoms with Gasteiger partial charge in [0, 0.05) is 13.2 Å². The van der Waals surface area contributed by atoms with Gasteiger partial charge in [0.15, 0.2) is 0 Å². The molecule has 1 fully saturated rings. The summed E-state index contributed by atoms with van der Waals surface area (Å²) in [5.41, 5.74) is 0.609. The fourth-order valence-corrected chi connectivity index (χ4v) is 2.82. The summed E-state index contributed by atoms with van der Waals surface area (Å²) in [6, 6.07) is 0. The van der Waals surface area contributed by atoms with E-state index in [-0.39, 0.29) is 0 Å². The van der Waals surface area contributed by atoms with Crippen molar-refractivity contribution in [2.45, 2.75) is 26.2 Å². The van der Waals surface area contributed by atoms with Crippen molar-refractivity contribution < 1.29 is 4.74 Å². The summed E-state index contributed by atoms with van der Waals surface area (Å²) in [5.74, 6) is 1.31. The maximum Gasteiger partial charge on any atom is 0.0471 e. The Morgan fingerprint density at radius 2 is 2.00 bits per heavy atom. The summed E-state index contributed by atoms with van der Waals surface area (Å²) >= 11 is 1.98. The smallest absolute Gasteiger partial charge is 0.0471 e. The number of hydrogen-bond acceptors (Lipinski definition) is 2. The van der Waals surface area contributed by atoms with E-state index in [1.165, 1.54) is 25.0 Å². The zero-order valence-electron chi connectivity index (χ0n) is 7.56. The molecule has 66 valence electrons. The topological polar surface area (TPSA) is 9.23 Å². The van der Waals surface area contributed by atoms with E-state index in [9.17, 15) is 0 Å². The molecule has 2 heteroatoms. The van der Waals surface area contributed by atoms with Crippen LogP contribution in [0, 0.1) is 5.41 Å². The average molecular weight is 174 g/mol. The largest absolute Gasteiger partial charge is 0.381 e. The van der Waals surface area contributed by atoms with Gasteiger partial charge in [0.05, 0.1) is 0 Å². The van der Waals surface area contributed by atoms with Crippen LogP contribution in [0.2, 0.25) is 0 Å². The molecule has 0 spiro atoms. The molecule has 0 aromatic carbocycles. The van der Waals surface area contributed by atoms with Crippen LogP contribution in [0.25, 0.3) is 0 Å². The van der Waals surface area contributed by atoms with Gasteiger partial charge in [-0.25, -0.2) is 0 Å². The molecule has 1 rings (SSSR count). The van der Waals surface area contributed by atoms with Crippen LogP contribution < -0.4 is 0 Å². The van der Waals surface area contributed by atoms with Crippen molar-refractivity contribution in [1.29, 1.82) is 0 Å². The highest BCUT2D eigenvalue weighted by Crippen LogP contribution is 2.36. The standard InChI is InChI=1S/C9H18OS/c1-3-9(8-11-2)4-6-10-7-5-9/h3-8H2,1-2H3. The number of hydrogen-bond donors (Lipinski definition) is 0. The van der Waals surface area contributed by atoms with Crippen LogP contribution in [-0.4, -0.2) is 25.2 Å². The Morgan fingerprint density at radius 3 is 2.45 bits per heavy atom. The van der Waals surface area contributed by atoms with Crippen LogP contribution in [0.1, 0.15) is 26.2 Å². The monoisotopic (exact) mass is 174 g/mol. The molecule has 0 saturated carbocycles. The van der Waals surface area contributed by atoms with Crippen molar-refractivity contribution in [3.8, 4) is 0 Å². The first-order chi connectivity index (χ1) is 5.33. The molecular formula is C9H18OS. The third-order valence-electron chi connectivity index (χ3n) is 2.75. The molecule has 1 nitrogen and oxygen atoms in total. The van der Waals surface area contributed by atoms with Gasteiger partial charge in [-0.3, -0.25) is 0 Å². The first-order valence-corrected chi connectivity index (χ1v) is 5.79. The highest BCUT2D eigenvalue weighted by atomic mass is 32.2. The molecule has 0 N–H and O–H groups in total. The van der Waals surface area contributed by atoms with Crippen LogP contribution in [0.15, 0.2) is 0 Å². The van der Waals surface area contributed by atoms with Gasteiger partial charge in [-0.2, -0.15) is 11.8 Å². The lowest BCUT2D eigenvalue weighted by molar-refractivity contribution is 0.0245. The third kappa shape index (κ3) is 2.38. The Hall–Kier alpha value is 0.310. The molecule has 1 aliphatic heterocycles. The lowest BCUT2D eigenvalue weighted by Crippen LogP contribution is -2.31. The maximum atomic E-state index is 5.36. The fourth-order valence-electron chi connectivity index (χ4n) is 1.71. The van der Waals surface area contributed by atoms with E-state index in [4.69, 9.17) is 4.74 Å². The Morgan fingerprint density at radius 1 is 1.36 bits per heavy atom. The minimum atomic E-state index is 0.609. The van der Waals surface area contributed by atoms with E-state index in [2.05, 4.69) is 13.2 Å². The lowest BCUT2D eigenvalue weighted by atomic mass is 9.80. The molecule has 0 radical (unpaired) electrons. The van der Waals surface area contributed by atoms with Crippen molar-refractivity contribution in [2.75, 3.05) is 25.2 Å². The molecule has 0 unspecified atom stereocenters. The van der Waals surface area contributed by atoms with E-state index < -0.39 is 0 Å². The second kappa shape index (κ2) is 4.36. The molecule has 0 aromatic rings. The third-order valence-corrected chi connectivity index (χ3v) is 3.66. The summed E-state index contributed by atoms with van der Waals surface area (Å²) in [5, 5.41) is 0. The first kappa shape index (κ1) is 9.40. The summed E-state index contributed by atoms with van der Waals surface area (Å²) in [4.78, 5) is 0. The van der Waals surface area contributed by atoms with Crippen LogP contribution in [0.3, 0.4) is 0 Å². The number of rotatable bonds is 3. The summed E-state index contributed by atoms with van der Waals surface area (Å²) in [6.45, 7) is 4.27. The van der Waals surface area contributed by atoms with Crippen molar-refractivity contribution in [1.82, 2.24) is 0 Å². The summed E-state index contributed by atoms with van der Waals surface area (Å²) < 4.78 is 5.36. The maximum absolute atomic E-state index is 5.36. The number of ether oxygens (including phenoxy) is 1. The second-order valence-electron chi connectivity index (χ2n) is 3.40. The normalized spacial score (nSPS) is 23.5. The molecule has 11 heavy (non-hydrogen) atoms. The van der Waals surface area contributed by atoms with Crippen LogP contribution in [0.4, 0.5) is 0 Å². The molecule has 0 bridgehead atoms. The first-order valence-electron chi connectivity index (χ1n) is 4.40. The molecule has 1 saturated heterocycles. The van der Waals surface area contributed by atoms with E-state index in [1.807, 2.05) is 11.8 Å². The van der Waals surface area contributed by atoms with Gasteiger partial charge in [0.1, 0.15) is 0 Å². The molecule has 0 aliphatic carbocycles. The Bertz CT molecular complexity index is 103. The quantitative estimate of drug-likeness (QED) is 0.650. The molecule has 0 amide bonds. The van der Waals surface area contributed by atoms with Gasteiger partial charge < -0.3 is 4.74 Å². The second-order valence-corrected chi connectivity index (χ2v) is 4.26. The van der Waals surface area contributed by atoms with E-state index in [0.717, 1.165) is 13.2 Å². The number of thioether (sulfide) groups is 1. The summed E-state index contributed by atoms with van der Waals surface area (Å²) in [7, 11) is 0. The summed E-state index contributed by atoms with van der Waals surface area (Å²) in [6.07, 6.45) is 6.05. The predicted octanol–water partition coefficient (Wildman–Crippen LogP) is 2.56. The highest BCUT2D eigenvalue weighted by Gasteiger charge is 2.29. The van der Waals surface area contributed by atoms with Crippen molar-refractivity contribution in [3.63, 3.8) is 0 Å². The zero-order valence-corrected chi connectivity index (χ0v) is 8.38. The minimum Gasteiger partial charge on any atom is -0.381 e. The van der Waals surface area contributed by atoms with Crippen LogP contribution in [-0.2, 0) is 4.74 Å². The van der Waals surface area contributed by atoms with Crippen molar-refractivity contribution >= 4 is 11.8 Å². The average Bonchev–Trinajstić information content (AvgIpc) is 2.07. The Labute approximate surface area is 73.9 Å². The van der Waals surface area contributed by atoms with Crippen LogP contribution >= 0.6 is 11.8 Å². The van der Waals surface area contributed by atoms with Crippen LogP contribution in [0.5, 0.6) is 0 Å². The van der Waals surface area contributed by atoms with Gasteiger partial charge >= 0.3 is 0 Å². The molecule has 0 atom stereocenters. The van der Waals surface area contributed by atoms with E-state index >= 15 is 0 Å². The molecular weight excluding hydrogens is 156 g/mol. The van der Waals surface area contributed by atoms with Gasteiger partial charge in [-0.05, 0) is 36.7 Å². The van der Waals surface area contributed by atoms with E-state index in [1.54, 1.807) is 0 Å². The van der Waals surface area contributed by atoms with Gasteiger partial charge in [0.25, 0.3) is 0 Å². The zero-order chi connectivity index (χ0) is 8.16. The Balaban J connectivity index is 2.42. The van der Waals surface area contributed by atoms with Gasteiger partial charge in [0.2, 0.25) is 0 Å². The molecule has 0 aromatic heterocycles. The minimum absolute atomic E-state index is 0.609. The molecule has 1 aliphatic rings. The van der Waals surface area contributed by atoms with E-state index in [0.29, 0.717) is 5.41 Å².